The van der Waals surface area contributed by atoms with Crippen molar-refractivity contribution in [1.82, 2.24) is 4.98 Å². The van der Waals surface area contributed by atoms with Crippen LogP contribution in [0.25, 0.3) is 0 Å². The van der Waals surface area contributed by atoms with Crippen LogP contribution in [-0.2, 0) is 43.7 Å². The van der Waals surface area contributed by atoms with Gasteiger partial charge in [0.25, 0.3) is 0 Å². The Morgan fingerprint density at radius 3 is 2.65 bits per heavy atom. The van der Waals surface area contributed by atoms with E-state index in [1.807, 2.05) is 0 Å². The zero-order valence-corrected chi connectivity index (χ0v) is 18.3. The second kappa shape index (κ2) is 9.67. The summed E-state index contributed by atoms with van der Waals surface area (Å²) in [6, 6.07) is 4.86. The summed E-state index contributed by atoms with van der Waals surface area (Å²) in [6.07, 6.45) is 1.28. The summed E-state index contributed by atoms with van der Waals surface area (Å²) in [5, 5.41) is 1.79. The first-order valence-corrected chi connectivity index (χ1v) is 9.75. The van der Waals surface area contributed by atoms with Crippen LogP contribution in [0.5, 0.6) is 0 Å². The minimum absolute atomic E-state index is 0. The van der Waals surface area contributed by atoms with Crippen LogP contribution < -0.4 is 4.90 Å². The van der Waals surface area contributed by atoms with Gasteiger partial charge in [-0.15, -0.1) is 6.20 Å². The number of thiazole rings is 1. The summed E-state index contributed by atoms with van der Waals surface area (Å²) in [5.41, 5.74) is -0.164. The number of carbonyl (C=O) groups excluding carboxylic acids is 1. The Balaban J connectivity index is 0.00000243. The van der Waals surface area contributed by atoms with Crippen LogP contribution in [0.3, 0.4) is 0 Å². The van der Waals surface area contributed by atoms with Crippen molar-refractivity contribution in [3.63, 3.8) is 0 Å². The van der Waals surface area contributed by atoms with E-state index in [1.165, 1.54) is 23.5 Å². The van der Waals surface area contributed by atoms with Crippen molar-refractivity contribution in [1.29, 1.82) is 0 Å². The Morgan fingerprint density at radius 1 is 1.31 bits per heavy atom. The molecular weight excluding hydrogens is 458 g/mol. The van der Waals surface area contributed by atoms with Crippen LogP contribution in [0.15, 0.2) is 34.0 Å². The van der Waals surface area contributed by atoms with Gasteiger partial charge in [0, 0.05) is 50.9 Å². The number of anilines is 1. The first-order chi connectivity index (χ1) is 11.9. The molecule has 137 valence electrons. The molecule has 2 heterocycles. The number of halogens is 3. The van der Waals surface area contributed by atoms with Crippen molar-refractivity contribution in [2.45, 2.75) is 42.2 Å². The molecule has 1 aliphatic rings. The molecule has 1 aliphatic heterocycles. The van der Waals surface area contributed by atoms with E-state index in [4.69, 9.17) is 0 Å². The average Bonchev–Trinajstić information content (AvgIpc) is 3.08. The van der Waals surface area contributed by atoms with Gasteiger partial charge in [0.05, 0.1) is 5.56 Å². The van der Waals surface area contributed by atoms with Gasteiger partial charge in [0.1, 0.15) is 0 Å². The largest absolute Gasteiger partial charge is 0.437 e. The van der Waals surface area contributed by atoms with E-state index >= 15 is 0 Å². The Bertz CT molecular complexity index is 708. The van der Waals surface area contributed by atoms with Gasteiger partial charge in [-0.05, 0) is 53.6 Å². The van der Waals surface area contributed by atoms with Gasteiger partial charge in [-0.25, -0.2) is 11.3 Å². The zero-order chi connectivity index (χ0) is 17.9. The third kappa shape index (κ3) is 5.53. The quantitative estimate of drug-likeness (QED) is 0.451. The molecule has 0 saturated carbocycles. The molecule has 1 aromatic carbocycles. The molecule has 1 amide bonds. The first-order valence-electron chi connectivity index (χ1n) is 7.89. The topological polar surface area (TPSA) is 33.2 Å². The molecule has 1 unspecified atom stereocenters. The Hall–Kier alpha value is -0.436. The van der Waals surface area contributed by atoms with Crippen LogP contribution in [0.1, 0.15) is 31.2 Å². The number of carbonyl (C=O) groups is 1. The number of nitrogens with zero attached hydrogens (tertiary/aromatic N) is 2. The summed E-state index contributed by atoms with van der Waals surface area (Å²) in [6.45, 7) is 0. The molecule has 0 spiro atoms. The average molecular weight is 474 g/mol. The van der Waals surface area contributed by atoms with E-state index in [1.54, 1.807) is 22.0 Å². The Morgan fingerprint density at radius 2 is 2.04 bits per heavy atom. The second-order valence-corrected chi connectivity index (χ2v) is 7.93. The van der Waals surface area contributed by atoms with Gasteiger partial charge in [0.15, 0.2) is 0 Å². The van der Waals surface area contributed by atoms with Gasteiger partial charge < -0.3 is 9.88 Å². The summed E-state index contributed by atoms with van der Waals surface area (Å²) >= 11 is 3.13. The van der Waals surface area contributed by atoms with Crippen molar-refractivity contribution in [3.8, 4) is 0 Å². The smallest absolute Gasteiger partial charge is 0.416 e. The maximum absolute atomic E-state index is 12.7. The van der Waals surface area contributed by atoms with Gasteiger partial charge >= 0.3 is 6.18 Å². The van der Waals surface area contributed by atoms with Gasteiger partial charge in [-0.1, -0.05) is 5.38 Å². The predicted octanol–water partition coefficient (Wildman–Crippen LogP) is 5.03. The van der Waals surface area contributed by atoms with E-state index in [0.29, 0.717) is 12.1 Å². The minimum Gasteiger partial charge on any atom is -0.437 e. The molecule has 1 aromatic heterocycles. The molecule has 0 N–H and O–H groups in total. The number of hydrogen-bond donors (Lipinski definition) is 0. The minimum atomic E-state index is -4.37. The van der Waals surface area contributed by atoms with E-state index in [-0.39, 0.29) is 44.7 Å². The number of thioether (sulfide) groups is 1. The number of benzene rings is 1. The zero-order valence-electron chi connectivity index (χ0n) is 13.8. The molecule has 1 atom stereocenters. The van der Waals surface area contributed by atoms with E-state index < -0.39 is 11.7 Å². The molecule has 3 nitrogen and oxygen atoms in total. The van der Waals surface area contributed by atoms with Crippen molar-refractivity contribution in [2.24, 2.45) is 0 Å². The molecule has 1 radical (unpaired) electrons. The molecule has 26 heavy (non-hydrogen) atoms. The molecule has 0 aliphatic carbocycles. The maximum Gasteiger partial charge on any atom is 0.416 e. The summed E-state index contributed by atoms with van der Waals surface area (Å²) in [4.78, 5) is 18.1. The standard InChI is InChI=1S/C17H16F3N2OS2.Y/c18-17(19,20)12-4-6-14(7-5-12)22-13(2-1-3-15(22)23)8-10-24-16-21-9-11-25-16;/h4-7,11,13H,1-3,8,10H2;/q-1;. The first kappa shape index (κ1) is 21.9. The number of amides is 1. The molecule has 2 aromatic rings. The monoisotopic (exact) mass is 474 g/mol. The van der Waals surface area contributed by atoms with E-state index in [0.717, 1.165) is 41.5 Å². The third-order valence-corrected chi connectivity index (χ3v) is 6.02. The predicted molar refractivity (Wildman–Crippen MR) is 92.9 cm³/mol. The maximum atomic E-state index is 12.7. The van der Waals surface area contributed by atoms with Gasteiger partial charge in [-0.2, -0.15) is 24.9 Å². The normalized spacial score (nSPS) is 17.9. The number of rotatable bonds is 5. The summed E-state index contributed by atoms with van der Waals surface area (Å²) in [7, 11) is 0. The summed E-state index contributed by atoms with van der Waals surface area (Å²) in [5.74, 6) is 0.778. The molecule has 1 saturated heterocycles. The Kier molecular flexibility index (Phi) is 8.13. The third-order valence-electron chi connectivity index (χ3n) is 4.08. The number of aromatic nitrogens is 1. The van der Waals surface area contributed by atoms with E-state index in [2.05, 4.69) is 11.2 Å². The van der Waals surface area contributed by atoms with Crippen LogP contribution in [0.2, 0.25) is 0 Å². The number of piperidine rings is 1. The van der Waals surface area contributed by atoms with E-state index in [9.17, 15) is 18.0 Å². The van der Waals surface area contributed by atoms with Crippen molar-refractivity contribution < 1.29 is 50.7 Å². The molecule has 0 bridgehead atoms. The SMILES string of the molecule is O=C1CCCC(CCSc2n[c-]cs2)N1c1ccc(C(F)(F)F)cc1.[Y]. The molecular formula is C17H16F3N2OS2Y-. The molecule has 1 fully saturated rings. The van der Waals surface area contributed by atoms with Crippen molar-refractivity contribution in [3.05, 3.63) is 41.4 Å². The fourth-order valence-corrected chi connectivity index (χ4v) is 4.57. The van der Waals surface area contributed by atoms with Gasteiger partial charge in [0.2, 0.25) is 5.91 Å². The van der Waals surface area contributed by atoms with Crippen molar-refractivity contribution >= 4 is 34.7 Å². The van der Waals surface area contributed by atoms with Crippen LogP contribution in [0, 0.1) is 6.20 Å². The fraction of sp³-hybridized carbons (Fsp3) is 0.412. The Labute approximate surface area is 183 Å². The fourth-order valence-electron chi connectivity index (χ4n) is 2.91. The second-order valence-electron chi connectivity index (χ2n) is 5.73. The molecule has 3 rings (SSSR count). The molecule has 9 heteroatoms. The van der Waals surface area contributed by atoms with Gasteiger partial charge in [-0.3, -0.25) is 4.79 Å². The van der Waals surface area contributed by atoms with Crippen LogP contribution >= 0.6 is 23.1 Å². The number of alkyl halides is 3. The summed E-state index contributed by atoms with van der Waals surface area (Å²) < 4.78 is 39.1. The number of hydrogen-bond acceptors (Lipinski definition) is 4. The van der Waals surface area contributed by atoms with Crippen LogP contribution in [0.4, 0.5) is 18.9 Å². The van der Waals surface area contributed by atoms with Crippen molar-refractivity contribution in [2.75, 3.05) is 10.7 Å². The van der Waals surface area contributed by atoms with Crippen LogP contribution in [-0.4, -0.2) is 22.7 Å².